The van der Waals surface area contributed by atoms with Crippen LogP contribution in [0.5, 0.6) is 5.75 Å². The average Bonchev–Trinajstić information content (AvgIpc) is 3.30. The molecule has 1 saturated carbocycles. The highest BCUT2D eigenvalue weighted by molar-refractivity contribution is 7.97. The monoisotopic (exact) mass is 448 g/mol. The van der Waals surface area contributed by atoms with Gasteiger partial charge in [-0.15, -0.1) is 0 Å². The smallest absolute Gasteiger partial charge is 0.420 e. The van der Waals surface area contributed by atoms with Crippen LogP contribution in [0, 0.1) is 11.7 Å². The predicted octanol–water partition coefficient (Wildman–Crippen LogP) is 5.97. The highest BCUT2D eigenvalue weighted by Gasteiger charge is 2.57. The molecule has 0 saturated heterocycles. The Bertz CT molecular complexity index is 951. The Kier molecular flexibility index (Phi) is 5.34. The number of fused-ring (bicyclic) bond motifs is 1. The van der Waals surface area contributed by atoms with Gasteiger partial charge in [0.15, 0.2) is 0 Å². The first-order valence-electron chi connectivity index (χ1n) is 9.23. The molecule has 1 aliphatic heterocycles. The third-order valence-electron chi connectivity index (χ3n) is 5.07. The van der Waals surface area contributed by atoms with Crippen molar-refractivity contribution in [3.63, 3.8) is 0 Å². The number of halogens is 6. The molecule has 3 nitrogen and oxygen atoms in total. The second kappa shape index (κ2) is 7.56. The molecular weight excluding hydrogens is 430 g/mol. The van der Waals surface area contributed by atoms with Crippen LogP contribution in [0.4, 0.5) is 37.7 Å². The predicted molar refractivity (Wildman–Crippen MR) is 102 cm³/mol. The fourth-order valence-electron chi connectivity index (χ4n) is 3.30. The third kappa shape index (κ3) is 4.34. The molecule has 2 aliphatic rings. The van der Waals surface area contributed by atoms with E-state index >= 15 is 0 Å². The summed E-state index contributed by atoms with van der Waals surface area (Å²) in [6.07, 6.45) is -5.13. The van der Waals surface area contributed by atoms with Crippen molar-refractivity contribution >= 4 is 23.3 Å². The Balaban J connectivity index is 1.76. The van der Waals surface area contributed by atoms with Crippen molar-refractivity contribution in [1.29, 1.82) is 0 Å². The molecule has 0 bridgehead atoms. The Morgan fingerprint density at radius 2 is 1.90 bits per heavy atom. The van der Waals surface area contributed by atoms with Gasteiger partial charge in [0.25, 0.3) is 5.92 Å². The summed E-state index contributed by atoms with van der Waals surface area (Å²) in [6.45, 7) is 0.358. The molecule has 10 heteroatoms. The number of nitrogens with zero attached hydrogens (tertiary/aromatic N) is 2. The molecule has 2 aromatic carbocycles. The largest absolute Gasteiger partial charge is 0.492 e. The van der Waals surface area contributed by atoms with Crippen molar-refractivity contribution < 1.29 is 31.1 Å². The number of alkyl halides is 5. The molecule has 0 N–H and O–H groups in total. The Morgan fingerprint density at radius 1 is 1.17 bits per heavy atom. The second-order valence-corrected chi connectivity index (χ2v) is 8.61. The molecular formula is C20H18F6N2OS. The highest BCUT2D eigenvalue weighted by Crippen LogP contribution is 2.50. The van der Waals surface area contributed by atoms with Crippen LogP contribution in [0.1, 0.15) is 12.0 Å². The lowest BCUT2D eigenvalue weighted by Gasteiger charge is -2.26. The number of anilines is 2. The Morgan fingerprint density at radius 3 is 2.53 bits per heavy atom. The zero-order valence-electron chi connectivity index (χ0n) is 15.8. The van der Waals surface area contributed by atoms with Gasteiger partial charge in [-0.3, -0.25) is 0 Å². The summed E-state index contributed by atoms with van der Waals surface area (Å²) in [5, 5.41) is 0. The Hall–Kier alpha value is -2.07. The fourth-order valence-corrected chi connectivity index (χ4v) is 4.23. The summed E-state index contributed by atoms with van der Waals surface area (Å²) < 4.78 is 88.3. The lowest BCUT2D eigenvalue weighted by atomic mass is 10.1. The van der Waals surface area contributed by atoms with Crippen molar-refractivity contribution in [3.8, 4) is 5.75 Å². The van der Waals surface area contributed by atoms with E-state index in [9.17, 15) is 26.3 Å². The van der Waals surface area contributed by atoms with Gasteiger partial charge in [0, 0.05) is 25.2 Å². The van der Waals surface area contributed by atoms with Gasteiger partial charge in [-0.25, -0.2) is 17.5 Å². The number of hydrogen-bond donors (Lipinski definition) is 0. The SMILES string of the molecule is CN1CCN(c2cccc(F)c2)c2cc(C(F)(F)F)c(OCC3CC3(F)F)cc2S1. The van der Waals surface area contributed by atoms with Crippen molar-refractivity contribution in [3.05, 3.63) is 47.8 Å². The minimum absolute atomic E-state index is 0.256. The second-order valence-electron chi connectivity index (χ2n) is 7.36. The van der Waals surface area contributed by atoms with E-state index in [0.29, 0.717) is 23.7 Å². The topological polar surface area (TPSA) is 15.7 Å². The molecule has 0 amide bonds. The molecule has 162 valence electrons. The molecule has 1 fully saturated rings. The molecule has 1 atom stereocenters. The van der Waals surface area contributed by atoms with Gasteiger partial charge in [0.05, 0.1) is 28.7 Å². The number of benzene rings is 2. The van der Waals surface area contributed by atoms with Crippen LogP contribution in [0.25, 0.3) is 0 Å². The van der Waals surface area contributed by atoms with E-state index in [1.165, 1.54) is 36.2 Å². The average molecular weight is 448 g/mol. The van der Waals surface area contributed by atoms with Crippen LogP contribution in [-0.4, -0.2) is 37.0 Å². The van der Waals surface area contributed by atoms with Crippen LogP contribution in [0.3, 0.4) is 0 Å². The highest BCUT2D eigenvalue weighted by atomic mass is 32.2. The van der Waals surface area contributed by atoms with E-state index in [1.54, 1.807) is 18.0 Å². The van der Waals surface area contributed by atoms with Crippen molar-refractivity contribution in [2.75, 3.05) is 31.6 Å². The maximum absolute atomic E-state index is 13.8. The summed E-state index contributed by atoms with van der Waals surface area (Å²) in [5.41, 5.74) is -0.366. The summed E-state index contributed by atoms with van der Waals surface area (Å²) in [5.74, 6) is -4.93. The lowest BCUT2D eigenvalue weighted by Crippen LogP contribution is -2.25. The van der Waals surface area contributed by atoms with E-state index in [4.69, 9.17) is 4.74 Å². The van der Waals surface area contributed by atoms with E-state index in [-0.39, 0.29) is 12.1 Å². The number of rotatable bonds is 4. The van der Waals surface area contributed by atoms with Crippen LogP contribution < -0.4 is 9.64 Å². The summed E-state index contributed by atoms with van der Waals surface area (Å²) in [7, 11) is 1.78. The summed E-state index contributed by atoms with van der Waals surface area (Å²) >= 11 is 1.22. The van der Waals surface area contributed by atoms with Gasteiger partial charge in [0.2, 0.25) is 0 Å². The van der Waals surface area contributed by atoms with E-state index in [0.717, 1.165) is 6.07 Å². The summed E-state index contributed by atoms with van der Waals surface area (Å²) in [4.78, 5) is 2.08. The van der Waals surface area contributed by atoms with Crippen molar-refractivity contribution in [2.24, 2.45) is 5.92 Å². The minimum Gasteiger partial charge on any atom is -0.492 e. The van der Waals surface area contributed by atoms with E-state index in [2.05, 4.69) is 0 Å². The molecule has 30 heavy (non-hydrogen) atoms. The molecule has 4 rings (SSSR count). The number of hydrogen-bond acceptors (Lipinski definition) is 4. The standard InChI is InChI=1S/C20H18F6N2OS/c1-27-5-6-28(14-4-2-3-13(21)7-14)16-8-15(20(24,25)26)17(9-18(16)30-27)29-11-12-10-19(12,22)23/h2-4,7-9,12H,5-6,10-11H2,1H3. The van der Waals surface area contributed by atoms with Gasteiger partial charge >= 0.3 is 6.18 Å². The molecule has 2 aromatic rings. The molecule has 1 aliphatic carbocycles. The molecule has 1 unspecified atom stereocenters. The van der Waals surface area contributed by atoms with E-state index < -0.39 is 41.8 Å². The number of ether oxygens (including phenoxy) is 1. The molecule has 0 radical (unpaired) electrons. The minimum atomic E-state index is -4.74. The van der Waals surface area contributed by atoms with E-state index in [1.807, 2.05) is 4.31 Å². The fraction of sp³-hybridized carbons (Fsp3) is 0.400. The van der Waals surface area contributed by atoms with Crippen LogP contribution in [0.15, 0.2) is 41.3 Å². The zero-order chi connectivity index (χ0) is 21.7. The van der Waals surface area contributed by atoms with Crippen LogP contribution in [-0.2, 0) is 6.18 Å². The van der Waals surface area contributed by atoms with Crippen LogP contribution >= 0.6 is 11.9 Å². The first-order valence-corrected chi connectivity index (χ1v) is 10.00. The first-order chi connectivity index (χ1) is 14.0. The third-order valence-corrected chi connectivity index (χ3v) is 6.08. The van der Waals surface area contributed by atoms with Gasteiger partial charge in [-0.1, -0.05) is 6.07 Å². The molecule has 0 spiro atoms. The zero-order valence-corrected chi connectivity index (χ0v) is 16.7. The molecule has 0 aromatic heterocycles. The first kappa shape index (κ1) is 21.2. The van der Waals surface area contributed by atoms with Crippen molar-refractivity contribution in [2.45, 2.75) is 23.4 Å². The van der Waals surface area contributed by atoms with Crippen molar-refractivity contribution in [1.82, 2.24) is 4.31 Å². The van der Waals surface area contributed by atoms with Gasteiger partial charge in [-0.2, -0.15) is 13.2 Å². The maximum atomic E-state index is 13.8. The quantitative estimate of drug-likeness (QED) is 0.423. The molecule has 1 heterocycles. The Labute approximate surface area is 173 Å². The van der Waals surface area contributed by atoms with Crippen LogP contribution in [0.2, 0.25) is 0 Å². The van der Waals surface area contributed by atoms with Gasteiger partial charge in [-0.05, 0) is 49.3 Å². The maximum Gasteiger partial charge on any atom is 0.420 e. The van der Waals surface area contributed by atoms with Gasteiger partial charge < -0.3 is 9.64 Å². The van der Waals surface area contributed by atoms with Gasteiger partial charge in [0.1, 0.15) is 11.6 Å². The lowest BCUT2D eigenvalue weighted by molar-refractivity contribution is -0.139. The normalized spacial score (nSPS) is 21.2. The summed E-state index contributed by atoms with van der Waals surface area (Å²) in [6, 6.07) is 7.81. The number of likely N-dealkylation sites (N-methyl/N-ethyl adjacent to an activating group) is 1.